The lowest BCUT2D eigenvalue weighted by molar-refractivity contribution is -0.870. The average molecular weight is 876 g/mol. The van der Waals surface area contributed by atoms with E-state index >= 15 is 0 Å². The fourth-order valence-electron chi connectivity index (χ4n) is 6.20. The van der Waals surface area contributed by atoms with Crippen LogP contribution in [0.5, 0.6) is 0 Å². The zero-order valence-corrected chi connectivity index (χ0v) is 40.5. The van der Waals surface area contributed by atoms with Gasteiger partial charge in [-0.05, 0) is 83.5 Å². The number of esters is 2. The predicted octanol–water partition coefficient (Wildman–Crippen LogP) is 13.6. The first-order valence-corrected chi connectivity index (χ1v) is 25.6. The van der Waals surface area contributed by atoms with Crippen molar-refractivity contribution in [2.24, 2.45) is 0 Å². The second kappa shape index (κ2) is 42.7. The second-order valence-corrected chi connectivity index (χ2v) is 18.5. The van der Waals surface area contributed by atoms with Crippen molar-refractivity contribution in [3.63, 3.8) is 0 Å². The van der Waals surface area contributed by atoms with Gasteiger partial charge in [-0.15, -0.1) is 0 Å². The van der Waals surface area contributed by atoms with Gasteiger partial charge in [-0.2, -0.15) is 0 Å². The predicted molar refractivity (Wildman–Crippen MR) is 254 cm³/mol. The molecule has 0 heterocycles. The van der Waals surface area contributed by atoms with E-state index in [1.54, 1.807) is 0 Å². The minimum absolute atomic E-state index is 0.0416. The topological polar surface area (TPSA) is 111 Å². The van der Waals surface area contributed by atoms with Crippen molar-refractivity contribution < 1.29 is 42.1 Å². The lowest BCUT2D eigenvalue weighted by Gasteiger charge is -2.28. The van der Waals surface area contributed by atoms with Crippen molar-refractivity contribution in [1.82, 2.24) is 0 Å². The molecule has 2 atom stereocenters. The molecule has 9 nitrogen and oxygen atoms in total. The summed E-state index contributed by atoms with van der Waals surface area (Å²) in [6.45, 7) is 4.06. The van der Waals surface area contributed by atoms with Crippen LogP contribution in [-0.4, -0.2) is 70.0 Å². The van der Waals surface area contributed by atoms with Crippen molar-refractivity contribution in [3.8, 4) is 0 Å². The number of hydrogen-bond acceptors (Lipinski definition) is 8. The fraction of sp³-hybridized carbons (Fsp3) is 0.725. The molecule has 0 spiro atoms. The number of carbonyl (C=O) groups is 2. The molecule has 0 radical (unpaired) electrons. The van der Waals surface area contributed by atoms with Crippen molar-refractivity contribution in [2.45, 2.75) is 193 Å². The highest BCUT2D eigenvalue weighted by Crippen LogP contribution is 2.38. The van der Waals surface area contributed by atoms with Gasteiger partial charge in [-0.25, -0.2) is 0 Å². The number of rotatable bonds is 43. The fourth-order valence-corrected chi connectivity index (χ4v) is 6.93. The van der Waals surface area contributed by atoms with E-state index in [4.69, 9.17) is 18.5 Å². The second-order valence-electron chi connectivity index (χ2n) is 17.1. The number of phosphoric ester groups is 1. The van der Waals surface area contributed by atoms with Gasteiger partial charge >= 0.3 is 11.9 Å². The Kier molecular flexibility index (Phi) is 40.9. The van der Waals surface area contributed by atoms with Gasteiger partial charge in [0.15, 0.2) is 6.10 Å². The molecular formula is C51H90NO8P. The van der Waals surface area contributed by atoms with Crippen LogP contribution in [0.1, 0.15) is 187 Å². The van der Waals surface area contributed by atoms with Gasteiger partial charge in [0, 0.05) is 12.8 Å². The average Bonchev–Trinajstić information content (AvgIpc) is 3.21. The lowest BCUT2D eigenvalue weighted by atomic mass is 10.1. The quantitative estimate of drug-likeness (QED) is 0.0196. The van der Waals surface area contributed by atoms with Crippen LogP contribution in [0, 0.1) is 0 Å². The van der Waals surface area contributed by atoms with E-state index in [-0.39, 0.29) is 26.1 Å². The van der Waals surface area contributed by atoms with Crippen molar-refractivity contribution in [3.05, 3.63) is 72.9 Å². The Morgan fingerprint density at radius 3 is 1.43 bits per heavy atom. The van der Waals surface area contributed by atoms with Crippen molar-refractivity contribution >= 4 is 19.8 Å². The Bertz CT molecular complexity index is 1270. The van der Waals surface area contributed by atoms with Crippen molar-refractivity contribution in [1.29, 1.82) is 0 Å². The number of phosphoric acid groups is 1. The Morgan fingerprint density at radius 2 is 0.934 bits per heavy atom. The van der Waals surface area contributed by atoms with E-state index in [1.807, 2.05) is 21.1 Å². The maximum Gasteiger partial charge on any atom is 0.306 e. The van der Waals surface area contributed by atoms with Gasteiger partial charge in [-0.1, -0.05) is 164 Å². The molecule has 0 aliphatic carbocycles. The first kappa shape index (κ1) is 58.5. The van der Waals surface area contributed by atoms with Gasteiger partial charge in [0.25, 0.3) is 7.82 Å². The molecule has 0 aliphatic rings. The summed E-state index contributed by atoms with van der Waals surface area (Å²) in [5.74, 6) is -0.880. The minimum Gasteiger partial charge on any atom is -0.756 e. The van der Waals surface area contributed by atoms with E-state index in [0.717, 1.165) is 83.5 Å². The molecule has 0 saturated carbocycles. The highest BCUT2D eigenvalue weighted by Gasteiger charge is 2.21. The molecule has 352 valence electrons. The largest absolute Gasteiger partial charge is 0.756 e. The minimum atomic E-state index is -4.64. The number of likely N-dealkylation sites (N-methyl/N-ethyl adjacent to an activating group) is 1. The summed E-state index contributed by atoms with van der Waals surface area (Å²) in [6, 6.07) is 0. The van der Waals surface area contributed by atoms with Crippen molar-refractivity contribution in [2.75, 3.05) is 47.5 Å². The monoisotopic (exact) mass is 876 g/mol. The standard InChI is InChI=1S/C51H90NO8P/c1-6-8-10-12-14-16-18-20-22-24-26-28-30-32-34-36-38-40-42-44-51(54)60-49(48-59-61(55,56)58-46-45-52(3,4)5)47-57-50(53)43-41-39-37-35-33-31-29-27-25-23-21-19-17-15-13-11-9-7-2/h8,10,14,16,20,22-23,25-26,28,32,34,49H,6-7,9,11-13,15,17-19,21,24,27,29-31,33,35-48H2,1-5H3/b10-8-,16-14-,22-20-,25-23-,28-26-,34-32-. The van der Waals surface area contributed by atoms with Crippen LogP contribution in [0.15, 0.2) is 72.9 Å². The smallest absolute Gasteiger partial charge is 0.306 e. The van der Waals surface area contributed by atoms with E-state index < -0.39 is 32.5 Å². The van der Waals surface area contributed by atoms with E-state index in [0.29, 0.717) is 17.4 Å². The van der Waals surface area contributed by atoms with Crippen LogP contribution in [0.4, 0.5) is 0 Å². The zero-order valence-electron chi connectivity index (χ0n) is 39.6. The van der Waals surface area contributed by atoms with E-state index in [1.165, 1.54) is 70.6 Å². The lowest BCUT2D eigenvalue weighted by Crippen LogP contribution is -2.37. The van der Waals surface area contributed by atoms with Gasteiger partial charge in [0.05, 0.1) is 27.7 Å². The Labute approximate surface area is 374 Å². The van der Waals surface area contributed by atoms with Gasteiger partial charge < -0.3 is 27.9 Å². The third-order valence-corrected chi connectivity index (χ3v) is 10.9. The van der Waals surface area contributed by atoms with Gasteiger partial charge in [-0.3, -0.25) is 14.2 Å². The molecular weight excluding hydrogens is 786 g/mol. The molecule has 0 rings (SSSR count). The Hall–Kier alpha value is -2.55. The number of hydrogen-bond donors (Lipinski definition) is 0. The van der Waals surface area contributed by atoms with Gasteiger partial charge in [0.1, 0.15) is 19.8 Å². The number of nitrogens with zero attached hydrogens (tertiary/aromatic N) is 1. The molecule has 0 bridgehead atoms. The number of ether oxygens (including phenoxy) is 2. The first-order chi connectivity index (χ1) is 29.5. The summed E-state index contributed by atoms with van der Waals surface area (Å²) >= 11 is 0. The summed E-state index contributed by atoms with van der Waals surface area (Å²) < 4.78 is 33.9. The summed E-state index contributed by atoms with van der Waals surface area (Å²) in [5.41, 5.74) is 0. The van der Waals surface area contributed by atoms with Crippen LogP contribution >= 0.6 is 7.82 Å². The summed E-state index contributed by atoms with van der Waals surface area (Å²) in [7, 11) is 1.13. The SMILES string of the molecule is CC/C=C\C/C=C\C/C=C\C/C=C\C/C=C\CCCCCC(=O)OC(COC(=O)CCCCCCCCC/C=C\CCCCCCCCC)COP(=O)([O-])OCC[N+](C)(C)C. The number of carbonyl (C=O) groups excluding carboxylic acids is 2. The molecule has 0 aromatic carbocycles. The first-order valence-electron chi connectivity index (χ1n) is 24.1. The normalized spacial score (nSPS) is 14.1. The summed E-state index contributed by atoms with van der Waals surface area (Å²) in [5, 5.41) is 0. The maximum atomic E-state index is 12.7. The molecule has 0 N–H and O–H groups in total. The number of unbranched alkanes of at least 4 members (excludes halogenated alkanes) is 17. The zero-order chi connectivity index (χ0) is 45.0. The molecule has 0 aromatic heterocycles. The molecule has 0 amide bonds. The number of allylic oxidation sites excluding steroid dienone is 12. The molecule has 10 heteroatoms. The number of quaternary nitrogens is 1. The molecule has 0 saturated heterocycles. The molecule has 2 unspecified atom stereocenters. The molecule has 0 aromatic rings. The highest BCUT2D eigenvalue weighted by atomic mass is 31.2. The van der Waals surface area contributed by atoms with Gasteiger partial charge in [0.2, 0.25) is 0 Å². The maximum absolute atomic E-state index is 12.7. The summed E-state index contributed by atoms with van der Waals surface area (Å²) in [4.78, 5) is 37.6. The van der Waals surface area contributed by atoms with Crippen LogP contribution < -0.4 is 4.89 Å². The highest BCUT2D eigenvalue weighted by molar-refractivity contribution is 7.45. The van der Waals surface area contributed by atoms with Crippen LogP contribution in [0.2, 0.25) is 0 Å². The van der Waals surface area contributed by atoms with E-state index in [9.17, 15) is 19.0 Å². The Morgan fingerprint density at radius 1 is 0.525 bits per heavy atom. The Balaban J connectivity index is 4.38. The third-order valence-electron chi connectivity index (χ3n) is 9.96. The molecule has 0 aliphatic heterocycles. The molecule has 61 heavy (non-hydrogen) atoms. The van der Waals surface area contributed by atoms with Crippen LogP contribution in [0.25, 0.3) is 0 Å². The van der Waals surface area contributed by atoms with Crippen LogP contribution in [0.3, 0.4) is 0 Å². The molecule has 0 fully saturated rings. The van der Waals surface area contributed by atoms with Crippen LogP contribution in [-0.2, 0) is 32.7 Å². The third kappa shape index (κ3) is 46.8. The summed E-state index contributed by atoms with van der Waals surface area (Å²) in [6.07, 6.45) is 53.6. The van der Waals surface area contributed by atoms with E-state index in [2.05, 4.69) is 86.8 Å².